The molecule has 0 saturated carbocycles. The Kier molecular flexibility index (Phi) is 10.7. The van der Waals surface area contributed by atoms with Gasteiger partial charge in [0, 0.05) is 48.3 Å². The van der Waals surface area contributed by atoms with Crippen molar-refractivity contribution in [1.82, 2.24) is 35.0 Å². The number of hydrogen-bond acceptors (Lipinski definition) is 9. The number of carbonyl (C=O) groups excluding carboxylic acids is 1. The van der Waals surface area contributed by atoms with Crippen molar-refractivity contribution in [3.8, 4) is 17.6 Å². The minimum atomic E-state index is -4.18. The van der Waals surface area contributed by atoms with Gasteiger partial charge in [0.2, 0.25) is 6.41 Å². The number of hydrogen-bond donors (Lipinski definition) is 1. The van der Waals surface area contributed by atoms with Crippen molar-refractivity contribution in [3.63, 3.8) is 0 Å². The quantitative estimate of drug-likeness (QED) is 0.109. The number of alkyl halides is 2. The van der Waals surface area contributed by atoms with Crippen molar-refractivity contribution >= 4 is 12.6 Å². The van der Waals surface area contributed by atoms with E-state index in [1.807, 2.05) is 31.3 Å². The minimum absolute atomic E-state index is 0.160. The first-order valence-electron chi connectivity index (χ1n) is 16.0. The van der Waals surface area contributed by atoms with E-state index in [-0.39, 0.29) is 6.17 Å². The number of ether oxygens (including phenoxy) is 1. The van der Waals surface area contributed by atoms with Crippen LogP contribution in [0.15, 0.2) is 96.4 Å². The van der Waals surface area contributed by atoms with Gasteiger partial charge in [0.15, 0.2) is 5.60 Å². The Morgan fingerprint density at radius 3 is 2.40 bits per heavy atom. The number of carbonyl (C=O) groups is 1. The summed E-state index contributed by atoms with van der Waals surface area (Å²) in [5.41, 5.74) is -1.92. The zero-order valence-corrected chi connectivity index (χ0v) is 27.8. The van der Waals surface area contributed by atoms with Crippen molar-refractivity contribution in [1.29, 1.82) is 0 Å². The molecule has 0 fully saturated rings. The Morgan fingerprint density at radius 1 is 1.00 bits per heavy atom. The minimum Gasteiger partial charge on any atom is -0.489 e. The van der Waals surface area contributed by atoms with Crippen LogP contribution in [0.25, 0.3) is 0 Å². The molecule has 3 aromatic carbocycles. The lowest BCUT2D eigenvalue weighted by Crippen LogP contribution is -2.48. The Labute approximate surface area is 296 Å². The Balaban J connectivity index is 1.05. The third-order valence-corrected chi connectivity index (χ3v) is 8.41. The summed E-state index contributed by atoms with van der Waals surface area (Å²) in [7, 11) is 1.99. The van der Waals surface area contributed by atoms with E-state index in [9.17, 15) is 18.7 Å². The molecule has 0 spiro atoms. The van der Waals surface area contributed by atoms with Crippen LogP contribution < -0.4 is 4.74 Å². The molecule has 0 radical (unpaired) electrons. The highest BCUT2D eigenvalue weighted by Gasteiger charge is 2.58. The van der Waals surface area contributed by atoms with Gasteiger partial charge in [-0.1, -0.05) is 36.1 Å². The number of pyridine rings is 1. The van der Waals surface area contributed by atoms with Crippen LogP contribution in [0, 0.1) is 23.5 Å². The standard InChI is InChI=1S/C37H32F4N8O3/c1-47(21-35-42-16-17-48(35)25-50)20-28-4-6-29(7-5-28)22-52-31-12-8-26(9-13-31)2-3-27-10-15-34(43-19-27)37(40,41)36(51,23-49-24-44-45-46-49)32-14-11-30(38)18-33(32)39/h4-16,18-19,24-25,35,51H,17,20-23H2,1H3. The van der Waals surface area contributed by atoms with Gasteiger partial charge in [-0.3, -0.25) is 19.7 Å². The molecular weight excluding hydrogens is 680 g/mol. The molecule has 2 atom stereocenters. The molecule has 5 aromatic rings. The molecule has 0 saturated heterocycles. The first kappa shape index (κ1) is 35.8. The number of amides is 1. The first-order valence-corrected chi connectivity index (χ1v) is 16.0. The van der Waals surface area contributed by atoms with Crippen LogP contribution in [0.3, 0.4) is 0 Å². The van der Waals surface area contributed by atoms with Crippen molar-refractivity contribution < 1.29 is 32.2 Å². The number of halogens is 4. The predicted octanol–water partition coefficient (Wildman–Crippen LogP) is 4.31. The molecule has 3 heterocycles. The van der Waals surface area contributed by atoms with E-state index in [0.29, 0.717) is 49.2 Å². The average Bonchev–Trinajstić information content (AvgIpc) is 3.82. The summed E-state index contributed by atoms with van der Waals surface area (Å²) in [6, 6.07) is 19.3. The number of aliphatic imine (C=N–C) groups is 1. The van der Waals surface area contributed by atoms with Gasteiger partial charge in [-0.2, -0.15) is 8.78 Å². The number of tetrazole rings is 1. The van der Waals surface area contributed by atoms with E-state index in [4.69, 9.17) is 4.74 Å². The van der Waals surface area contributed by atoms with Gasteiger partial charge in [-0.15, -0.1) is 5.10 Å². The van der Waals surface area contributed by atoms with Crippen LogP contribution >= 0.6 is 0 Å². The fraction of sp³-hybridized carbons (Fsp3) is 0.243. The van der Waals surface area contributed by atoms with Crippen molar-refractivity contribution in [2.24, 2.45) is 4.99 Å². The summed E-state index contributed by atoms with van der Waals surface area (Å²) in [6.45, 7) is 1.29. The maximum atomic E-state index is 16.0. The lowest BCUT2D eigenvalue weighted by Gasteiger charge is -2.35. The monoisotopic (exact) mass is 712 g/mol. The van der Waals surface area contributed by atoms with Gasteiger partial charge in [0.25, 0.3) is 0 Å². The van der Waals surface area contributed by atoms with Gasteiger partial charge < -0.3 is 14.7 Å². The molecule has 6 rings (SSSR count). The lowest BCUT2D eigenvalue weighted by atomic mass is 9.84. The highest BCUT2D eigenvalue weighted by Crippen LogP contribution is 2.46. The van der Waals surface area contributed by atoms with Crippen LogP contribution in [-0.2, 0) is 36.0 Å². The summed E-state index contributed by atoms with van der Waals surface area (Å²) in [4.78, 5) is 23.1. The molecule has 11 nitrogen and oxygen atoms in total. The van der Waals surface area contributed by atoms with Crippen molar-refractivity contribution in [2.75, 3.05) is 20.1 Å². The van der Waals surface area contributed by atoms with Gasteiger partial charge >= 0.3 is 5.92 Å². The molecule has 0 bridgehead atoms. The van der Waals surface area contributed by atoms with E-state index in [1.54, 1.807) is 35.4 Å². The summed E-state index contributed by atoms with van der Waals surface area (Å²) in [6.07, 6.45) is 4.51. The van der Waals surface area contributed by atoms with Crippen LogP contribution in [0.5, 0.6) is 5.75 Å². The van der Waals surface area contributed by atoms with Crippen LogP contribution in [-0.4, -0.2) is 79.0 Å². The lowest BCUT2D eigenvalue weighted by molar-refractivity contribution is -0.207. The zero-order valence-electron chi connectivity index (χ0n) is 27.8. The second-order valence-corrected chi connectivity index (χ2v) is 12.2. The van der Waals surface area contributed by atoms with E-state index in [2.05, 4.69) is 42.2 Å². The molecular formula is C37H32F4N8O3. The molecule has 2 unspecified atom stereocenters. The van der Waals surface area contributed by atoms with Gasteiger partial charge in [0.05, 0.1) is 13.1 Å². The number of nitrogens with zero attached hydrogens (tertiary/aromatic N) is 8. The molecule has 1 aliphatic rings. The van der Waals surface area contributed by atoms with Crippen LogP contribution in [0.1, 0.15) is 33.5 Å². The normalized spacial score (nSPS) is 15.3. The number of benzene rings is 3. The van der Waals surface area contributed by atoms with E-state index < -0.39 is 41.0 Å². The third kappa shape index (κ3) is 8.14. The SMILES string of the molecule is CN(Cc1ccc(COc2ccc(C#Cc3ccc(C(F)(F)C(O)(Cn4cnnn4)c4ccc(F)cc4F)nc3)cc2)cc1)CC1N=CCN1C=O. The molecule has 0 aliphatic carbocycles. The number of aromatic nitrogens is 5. The zero-order chi connectivity index (χ0) is 36.7. The summed E-state index contributed by atoms with van der Waals surface area (Å²) in [5.74, 6) is -0.111. The number of rotatable bonds is 13. The fourth-order valence-electron chi connectivity index (χ4n) is 5.61. The van der Waals surface area contributed by atoms with Crippen molar-refractivity contribution in [3.05, 3.63) is 137 Å². The topological polar surface area (TPSA) is 122 Å². The predicted molar refractivity (Wildman–Crippen MR) is 181 cm³/mol. The maximum Gasteiger partial charge on any atom is 0.323 e. The second kappa shape index (κ2) is 15.5. The summed E-state index contributed by atoms with van der Waals surface area (Å²) < 4.78 is 67.1. The van der Waals surface area contributed by atoms with E-state index in [1.165, 1.54) is 6.07 Å². The van der Waals surface area contributed by atoms with Crippen molar-refractivity contribution in [2.45, 2.75) is 37.4 Å². The molecule has 1 N–H and O–H groups in total. The molecule has 2 aromatic heterocycles. The van der Waals surface area contributed by atoms with Gasteiger partial charge in [0.1, 0.15) is 42.2 Å². The van der Waals surface area contributed by atoms with E-state index >= 15 is 8.78 Å². The number of likely N-dealkylation sites (N-methyl/N-ethyl adjacent to an activating group) is 1. The van der Waals surface area contributed by atoms with Crippen LogP contribution in [0.4, 0.5) is 17.6 Å². The third-order valence-electron chi connectivity index (χ3n) is 8.41. The Morgan fingerprint density at radius 2 is 1.73 bits per heavy atom. The molecule has 1 aliphatic heterocycles. The summed E-state index contributed by atoms with van der Waals surface area (Å²) in [5, 5.41) is 21.6. The first-order chi connectivity index (χ1) is 25.0. The Hall–Kier alpha value is -5.98. The molecule has 52 heavy (non-hydrogen) atoms. The Bertz CT molecular complexity index is 2070. The molecule has 1 amide bonds. The van der Waals surface area contributed by atoms with Gasteiger partial charge in [-0.05, 0) is 77.1 Å². The molecule has 15 heteroatoms. The second-order valence-electron chi connectivity index (χ2n) is 12.2. The van der Waals surface area contributed by atoms with Gasteiger partial charge in [-0.25, -0.2) is 13.5 Å². The largest absolute Gasteiger partial charge is 0.489 e. The van der Waals surface area contributed by atoms with Crippen LogP contribution in [0.2, 0.25) is 0 Å². The molecule has 266 valence electrons. The van der Waals surface area contributed by atoms with E-state index in [0.717, 1.165) is 52.9 Å². The summed E-state index contributed by atoms with van der Waals surface area (Å²) >= 11 is 0. The smallest absolute Gasteiger partial charge is 0.323 e. The highest BCUT2D eigenvalue weighted by atomic mass is 19.3. The fourth-order valence-corrected chi connectivity index (χ4v) is 5.61. The highest BCUT2D eigenvalue weighted by molar-refractivity contribution is 5.68. The average molecular weight is 713 g/mol. The number of aliphatic hydroxyl groups is 1. The maximum absolute atomic E-state index is 16.0.